The molecule has 0 bridgehead atoms. The molecule has 174 valence electrons. The Morgan fingerprint density at radius 3 is 2.59 bits per heavy atom. The van der Waals surface area contributed by atoms with Crippen LogP contribution >= 0.6 is 0 Å². The van der Waals surface area contributed by atoms with E-state index in [9.17, 15) is 4.79 Å². The molecule has 1 unspecified atom stereocenters. The van der Waals surface area contributed by atoms with Gasteiger partial charge >= 0.3 is 0 Å². The summed E-state index contributed by atoms with van der Waals surface area (Å²) in [5.41, 5.74) is 5.25. The molecule has 1 aromatic heterocycles. The molecule has 2 heterocycles. The van der Waals surface area contributed by atoms with Crippen LogP contribution in [0, 0.1) is 13.8 Å². The van der Waals surface area contributed by atoms with E-state index >= 15 is 0 Å². The first-order chi connectivity index (χ1) is 16.5. The normalized spacial score (nSPS) is 15.8. The molecule has 6 heteroatoms. The van der Waals surface area contributed by atoms with Gasteiger partial charge in [0.15, 0.2) is 0 Å². The van der Waals surface area contributed by atoms with E-state index in [0.29, 0.717) is 26.1 Å². The number of hydrogen-bond acceptors (Lipinski definition) is 4. The monoisotopic (exact) mass is 455 g/mol. The first-order valence-electron chi connectivity index (χ1n) is 11.6. The Labute approximate surface area is 199 Å². The lowest BCUT2D eigenvalue weighted by molar-refractivity contribution is -0.117. The smallest absolute Gasteiger partial charge is 0.227 e. The van der Waals surface area contributed by atoms with Gasteiger partial charge in [-0.2, -0.15) is 0 Å². The van der Waals surface area contributed by atoms with Crippen LogP contribution in [0.5, 0.6) is 11.5 Å². The van der Waals surface area contributed by atoms with Gasteiger partial charge in [0, 0.05) is 24.6 Å². The highest BCUT2D eigenvalue weighted by Gasteiger charge is 2.34. The molecule has 1 aliphatic rings. The number of aryl methyl sites for hydroxylation is 2. The van der Waals surface area contributed by atoms with Crippen LogP contribution < -0.4 is 14.4 Å². The second-order valence-corrected chi connectivity index (χ2v) is 8.83. The van der Waals surface area contributed by atoms with Gasteiger partial charge in [0.25, 0.3) is 0 Å². The van der Waals surface area contributed by atoms with Crippen LogP contribution in [0.4, 0.5) is 5.69 Å². The van der Waals surface area contributed by atoms with Gasteiger partial charge in [-0.25, -0.2) is 4.98 Å². The van der Waals surface area contributed by atoms with Crippen molar-refractivity contribution >= 4 is 22.6 Å². The Morgan fingerprint density at radius 1 is 1.03 bits per heavy atom. The number of amides is 1. The third-order valence-corrected chi connectivity index (χ3v) is 6.46. The van der Waals surface area contributed by atoms with Crippen molar-refractivity contribution in [2.24, 2.45) is 0 Å². The van der Waals surface area contributed by atoms with Crippen molar-refractivity contribution in [2.75, 3.05) is 25.2 Å². The van der Waals surface area contributed by atoms with Gasteiger partial charge < -0.3 is 18.9 Å². The van der Waals surface area contributed by atoms with Crippen molar-refractivity contribution in [3.8, 4) is 11.5 Å². The first kappa shape index (κ1) is 22.0. The fraction of sp³-hybridized carbons (Fsp3) is 0.286. The largest absolute Gasteiger partial charge is 0.497 e. The quantitative estimate of drug-likeness (QED) is 0.381. The number of carbonyl (C=O) groups excluding carboxylic acids is 1. The standard InChI is InChI=1S/C28H29N3O3/c1-19-8-13-26(20(2)16-19)34-15-14-30-25-7-5-4-6-24(25)29-28(30)21-17-27(32)31(18-21)22-9-11-23(33-3)12-10-22/h4-13,16,21H,14-15,17-18H2,1-3H3. The second-order valence-electron chi connectivity index (χ2n) is 8.83. The van der Waals surface area contributed by atoms with Crippen LogP contribution in [0.2, 0.25) is 0 Å². The number of para-hydroxylation sites is 2. The van der Waals surface area contributed by atoms with Gasteiger partial charge in [-0.3, -0.25) is 4.79 Å². The van der Waals surface area contributed by atoms with E-state index in [0.717, 1.165) is 39.6 Å². The molecule has 1 fully saturated rings. The zero-order valence-corrected chi connectivity index (χ0v) is 19.8. The maximum Gasteiger partial charge on any atom is 0.227 e. The maximum atomic E-state index is 12.9. The summed E-state index contributed by atoms with van der Waals surface area (Å²) in [4.78, 5) is 19.7. The minimum atomic E-state index is 0.0168. The lowest BCUT2D eigenvalue weighted by atomic mass is 10.1. The van der Waals surface area contributed by atoms with Crippen LogP contribution in [-0.2, 0) is 11.3 Å². The molecule has 3 aromatic carbocycles. The number of aromatic nitrogens is 2. The molecular weight excluding hydrogens is 426 g/mol. The highest BCUT2D eigenvalue weighted by Crippen LogP contribution is 2.34. The molecule has 1 saturated heterocycles. The van der Waals surface area contributed by atoms with Crippen LogP contribution in [0.25, 0.3) is 11.0 Å². The summed E-state index contributed by atoms with van der Waals surface area (Å²) in [6.45, 7) is 5.94. The fourth-order valence-electron chi connectivity index (χ4n) is 4.74. The van der Waals surface area contributed by atoms with E-state index in [1.807, 2.05) is 53.4 Å². The zero-order valence-electron chi connectivity index (χ0n) is 19.8. The van der Waals surface area contributed by atoms with E-state index in [-0.39, 0.29) is 11.8 Å². The molecule has 1 atom stereocenters. The Kier molecular flexibility index (Phi) is 5.97. The van der Waals surface area contributed by atoms with Crippen molar-refractivity contribution in [1.82, 2.24) is 9.55 Å². The van der Waals surface area contributed by atoms with Gasteiger partial charge in [-0.15, -0.1) is 0 Å². The summed E-state index contributed by atoms with van der Waals surface area (Å²) in [6, 6.07) is 22.0. The number of methoxy groups -OCH3 is 1. The number of imidazole rings is 1. The third-order valence-electron chi connectivity index (χ3n) is 6.46. The number of carbonyl (C=O) groups is 1. The van der Waals surface area contributed by atoms with Gasteiger partial charge in [-0.1, -0.05) is 29.8 Å². The predicted molar refractivity (Wildman–Crippen MR) is 134 cm³/mol. The van der Waals surface area contributed by atoms with Gasteiger partial charge in [0.05, 0.1) is 24.7 Å². The molecule has 5 rings (SSSR count). The number of ether oxygens (including phenoxy) is 2. The average molecular weight is 456 g/mol. The minimum Gasteiger partial charge on any atom is -0.497 e. The number of anilines is 1. The molecule has 1 amide bonds. The first-order valence-corrected chi connectivity index (χ1v) is 11.6. The number of hydrogen-bond donors (Lipinski definition) is 0. The summed E-state index contributed by atoms with van der Waals surface area (Å²) in [5, 5.41) is 0. The molecule has 34 heavy (non-hydrogen) atoms. The third kappa shape index (κ3) is 4.23. The van der Waals surface area contributed by atoms with Crippen LogP contribution in [0.1, 0.15) is 29.3 Å². The number of nitrogens with zero attached hydrogens (tertiary/aromatic N) is 3. The summed E-state index contributed by atoms with van der Waals surface area (Å²) < 4.78 is 13.6. The fourth-order valence-corrected chi connectivity index (χ4v) is 4.74. The lowest BCUT2D eigenvalue weighted by Crippen LogP contribution is -2.24. The van der Waals surface area contributed by atoms with Crippen LogP contribution in [0.15, 0.2) is 66.7 Å². The molecule has 4 aromatic rings. The molecule has 0 aliphatic carbocycles. The summed E-state index contributed by atoms with van der Waals surface area (Å²) in [5.74, 6) is 2.74. The summed E-state index contributed by atoms with van der Waals surface area (Å²) >= 11 is 0. The SMILES string of the molecule is COc1ccc(N2CC(c3nc4ccccc4n3CCOc3ccc(C)cc3C)CC2=O)cc1. The molecule has 0 radical (unpaired) electrons. The molecule has 0 saturated carbocycles. The van der Waals surface area contributed by atoms with E-state index in [1.54, 1.807) is 7.11 Å². The zero-order chi connectivity index (χ0) is 23.7. The van der Waals surface area contributed by atoms with Crippen molar-refractivity contribution in [2.45, 2.75) is 32.7 Å². The van der Waals surface area contributed by atoms with E-state index in [1.165, 1.54) is 5.56 Å². The number of fused-ring (bicyclic) bond motifs is 1. The van der Waals surface area contributed by atoms with Crippen molar-refractivity contribution in [3.63, 3.8) is 0 Å². The van der Waals surface area contributed by atoms with Gasteiger partial charge in [0.1, 0.15) is 23.9 Å². The Balaban J connectivity index is 1.38. The van der Waals surface area contributed by atoms with Crippen LogP contribution in [-0.4, -0.2) is 35.7 Å². The van der Waals surface area contributed by atoms with Gasteiger partial charge in [-0.05, 0) is 61.9 Å². The molecular formula is C28H29N3O3. The Morgan fingerprint density at radius 2 is 1.82 bits per heavy atom. The Bertz CT molecular complexity index is 1330. The molecule has 0 N–H and O–H groups in total. The molecule has 1 aliphatic heterocycles. The molecule has 0 spiro atoms. The minimum absolute atomic E-state index is 0.0168. The number of benzene rings is 3. The van der Waals surface area contributed by atoms with Crippen molar-refractivity contribution in [3.05, 3.63) is 83.7 Å². The predicted octanol–water partition coefficient (Wildman–Crippen LogP) is 5.26. The van der Waals surface area contributed by atoms with E-state index < -0.39 is 0 Å². The summed E-state index contributed by atoms with van der Waals surface area (Å²) in [7, 11) is 1.64. The second kappa shape index (κ2) is 9.21. The van der Waals surface area contributed by atoms with Crippen molar-refractivity contribution < 1.29 is 14.3 Å². The van der Waals surface area contributed by atoms with Crippen molar-refractivity contribution in [1.29, 1.82) is 0 Å². The highest BCUT2D eigenvalue weighted by molar-refractivity contribution is 5.96. The number of rotatable bonds is 7. The van der Waals surface area contributed by atoms with E-state index in [2.05, 4.69) is 36.6 Å². The lowest BCUT2D eigenvalue weighted by Gasteiger charge is -2.18. The Hall–Kier alpha value is -3.80. The summed E-state index contributed by atoms with van der Waals surface area (Å²) in [6.07, 6.45) is 0.438. The maximum absolute atomic E-state index is 12.9. The highest BCUT2D eigenvalue weighted by atomic mass is 16.5. The topological polar surface area (TPSA) is 56.6 Å². The van der Waals surface area contributed by atoms with E-state index in [4.69, 9.17) is 14.5 Å². The van der Waals surface area contributed by atoms with Crippen LogP contribution in [0.3, 0.4) is 0 Å². The van der Waals surface area contributed by atoms with Gasteiger partial charge in [0.2, 0.25) is 5.91 Å². The molecule has 6 nitrogen and oxygen atoms in total. The average Bonchev–Trinajstić information content (AvgIpc) is 3.41.